The minimum Gasteiger partial charge on any atom is -0.394 e. The first-order valence-corrected chi connectivity index (χ1v) is 11.6. The number of aliphatic hydroxyl groups is 1. The molecule has 0 saturated carbocycles. The van der Waals surface area contributed by atoms with Crippen LogP contribution in [0.1, 0.15) is 40.5 Å². The number of carbonyl (C=O) groups excluding carboxylic acids is 1. The molecule has 2 rings (SSSR count). The van der Waals surface area contributed by atoms with E-state index in [1.807, 2.05) is 19.9 Å². The van der Waals surface area contributed by atoms with Crippen molar-refractivity contribution in [3.8, 4) is 0 Å². The van der Waals surface area contributed by atoms with Crippen molar-refractivity contribution in [2.75, 3.05) is 33.0 Å². The van der Waals surface area contributed by atoms with Gasteiger partial charge < -0.3 is 19.9 Å². The lowest BCUT2D eigenvalue weighted by Gasteiger charge is -2.33. The van der Waals surface area contributed by atoms with Crippen LogP contribution in [0.4, 0.5) is 0 Å². The van der Waals surface area contributed by atoms with E-state index in [4.69, 9.17) is 14.6 Å². The molecule has 0 radical (unpaired) electrons. The molecule has 0 aromatic rings. The van der Waals surface area contributed by atoms with Gasteiger partial charge in [0.2, 0.25) is 5.91 Å². The SMILES string of the molecule is CC(C)(COCCO)C1=CC(NC(=O)C(C)(C)S(=O)(=O)C2CCOCC2)=P1. The Hall–Kier alpha value is -0.790. The van der Waals surface area contributed by atoms with Crippen LogP contribution in [0.5, 0.6) is 0 Å². The van der Waals surface area contributed by atoms with Crippen LogP contribution in [0.3, 0.4) is 0 Å². The van der Waals surface area contributed by atoms with Crippen LogP contribution in [-0.2, 0) is 24.1 Å². The van der Waals surface area contributed by atoms with Crippen LogP contribution in [0.15, 0.2) is 11.4 Å². The topological polar surface area (TPSA) is 102 Å². The Labute approximate surface area is 163 Å². The molecule has 0 aromatic heterocycles. The number of rotatable bonds is 9. The molecule has 0 aliphatic carbocycles. The summed E-state index contributed by atoms with van der Waals surface area (Å²) in [6.45, 7) is 8.57. The summed E-state index contributed by atoms with van der Waals surface area (Å²) >= 11 is 0. The number of carbonyl (C=O) groups is 1. The molecule has 154 valence electrons. The highest BCUT2D eigenvalue weighted by Crippen LogP contribution is 2.41. The molecule has 2 aliphatic rings. The first-order chi connectivity index (χ1) is 12.5. The van der Waals surface area contributed by atoms with Crippen LogP contribution < -0.4 is 5.32 Å². The summed E-state index contributed by atoms with van der Waals surface area (Å²) in [7, 11) is -2.75. The second kappa shape index (κ2) is 8.70. The fourth-order valence-corrected chi connectivity index (χ4v) is 5.86. The summed E-state index contributed by atoms with van der Waals surface area (Å²) in [4.78, 5) is 12.7. The lowest BCUT2D eigenvalue weighted by atomic mass is 9.93. The fourth-order valence-electron chi connectivity index (χ4n) is 2.93. The highest BCUT2D eigenvalue weighted by Gasteiger charge is 2.47. The number of hydrogen-bond acceptors (Lipinski definition) is 6. The van der Waals surface area contributed by atoms with E-state index in [1.165, 1.54) is 13.8 Å². The first kappa shape index (κ1) is 22.5. The summed E-state index contributed by atoms with van der Waals surface area (Å²) in [5, 5.41) is 12.1. The number of hydrogen-bond donors (Lipinski definition) is 2. The Morgan fingerprint density at radius 2 is 1.93 bits per heavy atom. The second-order valence-corrected chi connectivity index (χ2v) is 12.0. The smallest absolute Gasteiger partial charge is 0.245 e. The molecule has 7 nitrogen and oxygen atoms in total. The summed E-state index contributed by atoms with van der Waals surface area (Å²) < 4.78 is 35.0. The van der Waals surface area contributed by atoms with E-state index in [0.717, 1.165) is 13.5 Å². The zero-order chi connectivity index (χ0) is 20.3. The van der Waals surface area contributed by atoms with E-state index in [9.17, 15) is 13.2 Å². The zero-order valence-corrected chi connectivity index (χ0v) is 18.2. The van der Waals surface area contributed by atoms with Crippen molar-refractivity contribution in [3.05, 3.63) is 11.4 Å². The number of ether oxygens (including phenoxy) is 2. The summed E-state index contributed by atoms with van der Waals surface area (Å²) in [5.41, 5.74) is 0.481. The fraction of sp³-hybridized carbons (Fsp3) is 0.778. The second-order valence-electron chi connectivity index (χ2n) is 8.01. The minimum absolute atomic E-state index is 0.0169. The molecule has 1 amide bonds. The molecule has 27 heavy (non-hydrogen) atoms. The first-order valence-electron chi connectivity index (χ1n) is 9.14. The van der Waals surface area contributed by atoms with Gasteiger partial charge in [0.05, 0.1) is 30.5 Å². The molecule has 0 spiro atoms. The molecule has 0 aromatic carbocycles. The van der Waals surface area contributed by atoms with Crippen LogP contribution in [0.25, 0.3) is 0 Å². The van der Waals surface area contributed by atoms with Crippen molar-refractivity contribution >= 4 is 29.4 Å². The maximum atomic E-state index is 12.9. The quantitative estimate of drug-likeness (QED) is 0.434. The van der Waals surface area contributed by atoms with Gasteiger partial charge in [0.1, 0.15) is 4.75 Å². The van der Waals surface area contributed by atoms with Gasteiger partial charge in [-0.2, -0.15) is 0 Å². The number of sulfone groups is 1. The Kier molecular flexibility index (Phi) is 7.25. The molecule has 1 saturated heterocycles. The normalized spacial score (nSPS) is 19.7. The highest BCUT2D eigenvalue weighted by molar-refractivity contribution is 7.94. The molecule has 0 bridgehead atoms. The Morgan fingerprint density at radius 3 is 2.48 bits per heavy atom. The van der Waals surface area contributed by atoms with E-state index in [2.05, 4.69) is 5.32 Å². The van der Waals surface area contributed by atoms with Gasteiger partial charge in [0.25, 0.3) is 0 Å². The largest absolute Gasteiger partial charge is 0.394 e. The molecular formula is C18H30NO6PS. The number of aliphatic hydroxyl groups excluding tert-OH is 1. The van der Waals surface area contributed by atoms with E-state index in [-0.39, 0.29) is 12.0 Å². The van der Waals surface area contributed by atoms with Crippen LogP contribution in [-0.4, -0.2) is 67.9 Å². The van der Waals surface area contributed by atoms with Crippen molar-refractivity contribution in [1.29, 1.82) is 0 Å². The molecular weight excluding hydrogens is 389 g/mol. The lowest BCUT2D eigenvalue weighted by Crippen LogP contribution is -2.53. The highest BCUT2D eigenvalue weighted by atomic mass is 32.2. The maximum Gasteiger partial charge on any atom is 0.245 e. The predicted octanol–water partition coefficient (Wildman–Crippen LogP) is 1.48. The average Bonchev–Trinajstić information content (AvgIpc) is 2.57. The summed E-state index contributed by atoms with van der Waals surface area (Å²) in [5.74, 6) is -0.499. The van der Waals surface area contributed by atoms with Crippen LogP contribution in [0.2, 0.25) is 0 Å². The Morgan fingerprint density at radius 1 is 1.33 bits per heavy atom. The van der Waals surface area contributed by atoms with E-state index in [0.29, 0.717) is 44.7 Å². The van der Waals surface area contributed by atoms with E-state index in [1.54, 1.807) is 0 Å². The third-order valence-corrected chi connectivity index (χ3v) is 9.43. The van der Waals surface area contributed by atoms with Gasteiger partial charge in [-0.25, -0.2) is 8.42 Å². The molecule has 2 N–H and O–H groups in total. The third-order valence-electron chi connectivity index (χ3n) is 5.01. The molecule has 9 heteroatoms. The van der Waals surface area contributed by atoms with Gasteiger partial charge in [-0.05, 0) is 46.3 Å². The molecule has 2 heterocycles. The average molecular weight is 419 g/mol. The monoisotopic (exact) mass is 419 g/mol. The van der Waals surface area contributed by atoms with Crippen molar-refractivity contribution in [2.24, 2.45) is 5.41 Å². The Bertz CT molecular complexity index is 720. The van der Waals surface area contributed by atoms with Gasteiger partial charge >= 0.3 is 0 Å². The predicted molar refractivity (Wildman–Crippen MR) is 107 cm³/mol. The summed E-state index contributed by atoms with van der Waals surface area (Å²) in [6, 6.07) is 0. The van der Waals surface area contributed by atoms with Gasteiger partial charge in [-0.1, -0.05) is 13.8 Å². The van der Waals surface area contributed by atoms with Gasteiger partial charge in [-0.15, -0.1) is 0 Å². The summed E-state index contributed by atoms with van der Waals surface area (Å²) in [6.07, 6.45) is 2.73. The third kappa shape index (κ3) is 4.98. The van der Waals surface area contributed by atoms with Crippen LogP contribution >= 0.6 is 8.20 Å². The molecule has 1 fully saturated rings. The molecule has 0 unspecified atom stereocenters. The zero-order valence-electron chi connectivity index (χ0n) is 16.4. The van der Waals surface area contributed by atoms with E-state index < -0.39 is 25.7 Å². The van der Waals surface area contributed by atoms with Gasteiger partial charge in [-0.3, -0.25) is 4.79 Å². The minimum atomic E-state index is -3.62. The van der Waals surface area contributed by atoms with Crippen molar-refractivity contribution in [3.63, 3.8) is 0 Å². The maximum absolute atomic E-state index is 12.9. The standard InChI is InChI=1S/C18H30NO6PS/c1-17(2,12-25-10-7-20)14-11-15(26-14)19-16(21)18(3,4)27(22,23)13-5-8-24-9-6-13/h11,13,20H,5-10,12H2,1-4H3,(H,19,21). The molecule has 2 aliphatic heterocycles. The molecule has 0 atom stereocenters. The van der Waals surface area contributed by atoms with Crippen molar-refractivity contribution < 1.29 is 27.8 Å². The number of amides is 1. The van der Waals surface area contributed by atoms with Crippen LogP contribution in [0, 0.1) is 5.41 Å². The number of nitrogens with one attached hydrogen (secondary N) is 1. The lowest BCUT2D eigenvalue weighted by molar-refractivity contribution is -0.121. The van der Waals surface area contributed by atoms with Gasteiger partial charge in [0, 0.05) is 18.6 Å². The Balaban J connectivity index is 1.97. The van der Waals surface area contributed by atoms with Crippen molar-refractivity contribution in [1.82, 2.24) is 5.32 Å². The van der Waals surface area contributed by atoms with E-state index >= 15 is 0 Å². The van der Waals surface area contributed by atoms with Gasteiger partial charge in [0.15, 0.2) is 9.84 Å². The van der Waals surface area contributed by atoms with Crippen molar-refractivity contribution in [2.45, 2.75) is 50.5 Å².